The second kappa shape index (κ2) is 42.1. The zero-order valence-electron chi connectivity index (χ0n) is 88.3. The molecule has 144 heavy (non-hydrogen) atoms. The van der Waals surface area contributed by atoms with Gasteiger partial charge in [0, 0.05) is 18.0 Å². The second-order valence-electron chi connectivity index (χ2n) is 46.8. The molecule has 11 aromatic rings. The number of nitriles is 7. The van der Waals surface area contributed by atoms with Gasteiger partial charge in [0.05, 0.1) is 101 Å². The lowest BCUT2D eigenvalue weighted by Gasteiger charge is -2.22. The highest BCUT2D eigenvalue weighted by atomic mass is 28.3. The van der Waals surface area contributed by atoms with Gasteiger partial charge in [-0.25, -0.2) is 14.5 Å². The van der Waals surface area contributed by atoms with E-state index in [0.29, 0.717) is 117 Å². The van der Waals surface area contributed by atoms with E-state index in [1.165, 1.54) is 0 Å². The van der Waals surface area contributed by atoms with E-state index in [-0.39, 0.29) is 43.3 Å². The summed E-state index contributed by atoms with van der Waals surface area (Å²) in [7, 11) is -1.83. The monoisotopic (exact) mass is 1890 g/mol. The van der Waals surface area contributed by atoms with Crippen molar-refractivity contribution in [2.75, 3.05) is 0 Å². The number of hydrogen-bond donors (Lipinski definition) is 0. The highest BCUT2D eigenvalue weighted by molar-refractivity contribution is 6.84. The number of pyridine rings is 1. The minimum absolute atomic E-state index is 0.291. The average molecular weight is 1890 g/mol. The fourth-order valence-corrected chi connectivity index (χ4v) is 17.4. The molecule has 712 valence electrons. The molecule has 0 aliphatic heterocycles. The molecule has 20 bridgehead atoms. The SMILES string of the molecule is CC(C)(C)c1cc2cc(c1)/C(C#N)=C/c1cc(cc(C(C)(C)C)c1)/C(C#N)=C/c1cc(cc(C(C)(C)C)c1)/C(C#N)=C/c1cc(cc(C(C)(C)C)c1)/C(C#N)=C/c1cc(C#C[Si](C)(C)C)cc(c1)C(C#N)=C2.[C-]#[N+]/C1=C\c2cc(cc(C(C)(C)C)c2)/C([N+]#[C-])=C/c2cc(cc(C(C)(C)C)c2)/C([N+]#[C-])=C/c2cc(cc(-c3ccncc3)c2)/C(C#N)=C/c2cc(cc(C(C)(C)C)c2)C(C#N)=Cc2cc1cc(C(C)(C)C)c2. The standard InChI is InChI=1S/C66H60N6.C66H65N5Si/c1-63(2,3)56-28-42-20-50(36-56)55(41-68)27-43-23-51(37-57(29-43)64(4,5)6)61(70-14)33-46-25-53(39-59(31-46)66(10,11)12)62(71-15)34-45-24-52(38-58(30-45)65(7,8)9)60(69-13)32-44-21-48(47-16-18-72-19-17-47)35-49(22-44)54(26-42)40-67;1-63(2,3)59-30-45-21-51(35-59)56(40-69)28-47-23-53(37-61(32-47)65(7,8)9)58(42-71)29-48-24-52(36-62(33-48)66(10,11)12)57(41-70)27-46-22-50(34-60(31-46)64(4,5)6)55(39-68)25-44-18-43(16-17-72(13,14)15)19-49(20-44)54(26-45)38-67/h16-39H,1-12H3;18-37H,1-15H3/b54-26+,55-27?,60-32-,61-33-,62-34-;54-26?,55-25+,56-28+,57-27+,58-29+. The average Bonchev–Trinajstić information content (AvgIpc) is 0.959. The minimum atomic E-state index is -1.83. The molecule has 0 saturated heterocycles. The molecule has 0 fully saturated rings. The van der Waals surface area contributed by atoms with Crippen LogP contribution >= 0.6 is 0 Å². The Kier molecular flexibility index (Phi) is 31.1. The van der Waals surface area contributed by atoms with Gasteiger partial charge in [-0.1, -0.05) is 277 Å². The first kappa shape index (κ1) is 106. The minimum Gasteiger partial charge on any atom is -0.265 e. The Labute approximate surface area is 857 Å². The highest BCUT2D eigenvalue weighted by Gasteiger charge is 2.29. The van der Waals surface area contributed by atoms with Crippen LogP contribution in [0.4, 0.5) is 0 Å². The van der Waals surface area contributed by atoms with Crippen LogP contribution in [-0.4, -0.2) is 13.1 Å². The summed E-state index contributed by atoms with van der Waals surface area (Å²) in [6.45, 7) is 83.4. The van der Waals surface area contributed by atoms with Gasteiger partial charge in [-0.05, 0) is 380 Å². The van der Waals surface area contributed by atoms with Crippen LogP contribution in [0.3, 0.4) is 0 Å². The maximum Gasteiger partial charge on any atom is 0.194 e. The normalized spacial score (nSPS) is 16.3. The molecule has 0 spiro atoms. The Morgan fingerprint density at radius 3 is 0.604 bits per heavy atom. The number of nitrogens with zero attached hydrogens (tertiary/aromatic N) is 11. The largest absolute Gasteiger partial charge is 0.265 e. The molecule has 13 rings (SSSR count). The third kappa shape index (κ3) is 26.8. The summed E-state index contributed by atoms with van der Waals surface area (Å²) in [5, 5.41) is 76.7. The Morgan fingerprint density at radius 1 is 0.215 bits per heavy atom. The molecule has 0 saturated carbocycles. The van der Waals surface area contributed by atoms with Gasteiger partial charge < -0.3 is 0 Å². The molecule has 1 aromatic heterocycles. The summed E-state index contributed by atoms with van der Waals surface area (Å²) in [5.41, 5.74) is 30.2. The molecular weight excluding hydrogens is 1770 g/mol. The number of fused-ring (bicyclic) bond motifs is 20. The van der Waals surface area contributed by atoms with Gasteiger partial charge >= 0.3 is 0 Å². The predicted octanol–water partition coefficient (Wildman–Crippen LogP) is 34.4. The summed E-state index contributed by atoms with van der Waals surface area (Å²) in [6.07, 6.45) is 22.2. The molecule has 12 heteroatoms. The van der Waals surface area contributed by atoms with Crippen LogP contribution in [0.15, 0.2) is 207 Å². The van der Waals surface area contributed by atoms with E-state index >= 15 is 0 Å². The van der Waals surface area contributed by atoms with Gasteiger partial charge in [0.2, 0.25) is 0 Å². The molecular formula is C132H125N11Si. The van der Waals surface area contributed by atoms with Crippen LogP contribution < -0.4 is 0 Å². The lowest BCUT2D eigenvalue weighted by molar-refractivity contribution is 0.589. The first-order chi connectivity index (χ1) is 67.4. The zero-order chi connectivity index (χ0) is 105. The fraction of sp³-hybridized carbons (Fsp3) is 0.265. The van der Waals surface area contributed by atoms with Crippen LogP contribution in [0, 0.1) is 110 Å². The molecule has 0 radical (unpaired) electrons. The maximum absolute atomic E-state index is 11.0. The van der Waals surface area contributed by atoms with Crippen LogP contribution in [0.1, 0.15) is 328 Å². The molecule has 10 aromatic carbocycles. The molecule has 0 amide bonds. The number of aromatic nitrogens is 1. The number of allylic oxidation sites excluding steroid dienone is 7. The van der Waals surface area contributed by atoms with E-state index in [2.05, 4.69) is 332 Å². The summed E-state index contributed by atoms with van der Waals surface area (Å²) in [6, 6.07) is 81.8. The third-order valence-electron chi connectivity index (χ3n) is 25.4. The van der Waals surface area contributed by atoms with Crippen molar-refractivity contribution in [1.29, 1.82) is 36.8 Å². The first-order valence-electron chi connectivity index (χ1n) is 48.5. The zero-order valence-corrected chi connectivity index (χ0v) is 89.3. The first-order valence-corrected chi connectivity index (χ1v) is 52.0. The predicted molar refractivity (Wildman–Crippen MR) is 605 cm³/mol. The van der Waals surface area contributed by atoms with E-state index < -0.39 is 8.07 Å². The third-order valence-corrected chi connectivity index (χ3v) is 26.3. The fourth-order valence-electron chi connectivity index (χ4n) is 16.8. The quantitative estimate of drug-likeness (QED) is 0.0880. The van der Waals surface area contributed by atoms with E-state index in [1.807, 2.05) is 182 Å². The van der Waals surface area contributed by atoms with Crippen molar-refractivity contribution in [2.45, 2.75) is 229 Å². The van der Waals surface area contributed by atoms with Crippen LogP contribution in [0.5, 0.6) is 0 Å². The van der Waals surface area contributed by atoms with Crippen molar-refractivity contribution < 1.29 is 0 Å². The Hall–Kier alpha value is -16.6. The Morgan fingerprint density at radius 2 is 0.396 bits per heavy atom. The summed E-state index contributed by atoms with van der Waals surface area (Å²) < 4.78 is 0. The van der Waals surface area contributed by atoms with Gasteiger partial charge in [-0.2, -0.15) is 36.8 Å². The molecule has 1 heterocycles. The van der Waals surface area contributed by atoms with Gasteiger partial charge in [0.1, 0.15) is 8.07 Å². The van der Waals surface area contributed by atoms with E-state index in [0.717, 1.165) is 111 Å². The lowest BCUT2D eigenvalue weighted by atomic mass is 9.82. The van der Waals surface area contributed by atoms with Crippen LogP contribution in [0.25, 0.3) is 143 Å². The number of hydrogen-bond acceptors (Lipinski definition) is 8. The second-order valence-corrected chi connectivity index (χ2v) is 51.5. The van der Waals surface area contributed by atoms with Crippen LogP contribution in [0.2, 0.25) is 19.6 Å². The molecule has 11 nitrogen and oxygen atoms in total. The lowest BCUT2D eigenvalue weighted by Crippen LogP contribution is -2.16. The Balaban J connectivity index is 0.000000257. The van der Waals surface area contributed by atoms with Gasteiger partial charge in [0.25, 0.3) is 0 Å². The van der Waals surface area contributed by atoms with Crippen molar-refractivity contribution in [3.05, 3.63) is 402 Å². The van der Waals surface area contributed by atoms with E-state index in [4.69, 9.17) is 19.7 Å². The molecule has 2 aliphatic rings. The summed E-state index contributed by atoms with van der Waals surface area (Å²) in [4.78, 5) is 16.6. The topological polar surface area (TPSA) is 192 Å². The van der Waals surface area contributed by atoms with Crippen molar-refractivity contribution in [3.8, 4) is 65.1 Å². The van der Waals surface area contributed by atoms with Crippen LogP contribution in [-0.2, 0) is 43.3 Å². The smallest absolute Gasteiger partial charge is 0.194 e. The molecule has 0 atom stereocenters. The van der Waals surface area contributed by atoms with E-state index in [1.54, 1.807) is 12.4 Å². The number of rotatable bonds is 1. The van der Waals surface area contributed by atoms with Crippen molar-refractivity contribution in [2.24, 2.45) is 0 Å². The van der Waals surface area contributed by atoms with Gasteiger partial charge in [-0.15, -0.1) is 5.54 Å². The van der Waals surface area contributed by atoms with Gasteiger partial charge in [0.15, 0.2) is 17.1 Å². The Bertz CT molecular complexity index is 7880. The summed E-state index contributed by atoms with van der Waals surface area (Å²) in [5.74, 6) is 3.41. The molecule has 0 unspecified atom stereocenters. The maximum atomic E-state index is 11.0. The number of benzene rings is 10. The van der Waals surface area contributed by atoms with Crippen molar-refractivity contribution >= 4 is 125 Å². The molecule has 0 N–H and O–H groups in total. The van der Waals surface area contributed by atoms with Crippen molar-refractivity contribution in [3.63, 3.8) is 0 Å². The summed E-state index contributed by atoms with van der Waals surface area (Å²) >= 11 is 0. The van der Waals surface area contributed by atoms with E-state index in [9.17, 15) is 36.8 Å². The highest BCUT2D eigenvalue weighted by Crippen LogP contribution is 2.43. The molecule has 2 aliphatic carbocycles. The van der Waals surface area contributed by atoms with Crippen molar-refractivity contribution in [1.82, 2.24) is 4.98 Å². The van der Waals surface area contributed by atoms with Gasteiger partial charge in [-0.3, -0.25) is 4.98 Å².